The van der Waals surface area contributed by atoms with Gasteiger partial charge in [0.25, 0.3) is 0 Å². The third kappa shape index (κ3) is 2.93. The largest absolute Gasteiger partial charge is 1.00 e. The summed E-state index contributed by atoms with van der Waals surface area (Å²) in [5.74, 6) is 2.13. The molecule has 0 aliphatic heterocycles. The van der Waals surface area contributed by atoms with Crippen molar-refractivity contribution in [2.24, 2.45) is 0 Å². The highest BCUT2D eigenvalue weighted by Gasteiger charge is 2.37. The van der Waals surface area contributed by atoms with Gasteiger partial charge in [0.2, 0.25) is 0 Å². The van der Waals surface area contributed by atoms with E-state index in [4.69, 9.17) is 4.42 Å². The zero-order chi connectivity index (χ0) is 18.5. The summed E-state index contributed by atoms with van der Waals surface area (Å²) in [6, 6.07) is 28.3. The Balaban J connectivity index is 0.00000181. The SMILES string of the molecule is [I-].c1ccc(-c2c3c([o+]c4c2CCc2ccccc2-4)-c2ccccc2CC3)cc1. The lowest BCUT2D eigenvalue weighted by Gasteiger charge is -2.22. The zero-order valence-electron chi connectivity index (χ0n) is 16.1. The van der Waals surface area contributed by atoms with Gasteiger partial charge in [-0.1, -0.05) is 66.7 Å². The maximum atomic E-state index is 6.74. The van der Waals surface area contributed by atoms with Gasteiger partial charge >= 0.3 is 11.5 Å². The van der Waals surface area contributed by atoms with E-state index >= 15 is 0 Å². The molecular formula is C27H21IO. The van der Waals surface area contributed by atoms with Gasteiger partial charge in [0.15, 0.2) is 0 Å². The van der Waals surface area contributed by atoms with Crippen molar-refractivity contribution in [1.82, 2.24) is 0 Å². The molecule has 0 fully saturated rings. The van der Waals surface area contributed by atoms with Gasteiger partial charge in [-0.3, -0.25) is 0 Å². The van der Waals surface area contributed by atoms with Crippen LogP contribution in [0, 0.1) is 0 Å². The number of aryl methyl sites for hydroxylation is 2. The molecule has 0 unspecified atom stereocenters. The topological polar surface area (TPSA) is 11.3 Å². The van der Waals surface area contributed by atoms with E-state index in [1.807, 2.05) is 0 Å². The van der Waals surface area contributed by atoms with Gasteiger partial charge in [-0.25, -0.2) is 4.42 Å². The zero-order valence-corrected chi connectivity index (χ0v) is 18.3. The number of halogens is 1. The van der Waals surface area contributed by atoms with Crippen LogP contribution in [0.4, 0.5) is 0 Å². The Morgan fingerprint density at radius 2 is 1.00 bits per heavy atom. The summed E-state index contributed by atoms with van der Waals surface area (Å²) in [6.07, 6.45) is 4.23. The van der Waals surface area contributed by atoms with E-state index in [1.165, 1.54) is 44.5 Å². The minimum atomic E-state index is 0. The summed E-state index contributed by atoms with van der Waals surface area (Å²) in [6.45, 7) is 0. The van der Waals surface area contributed by atoms with Crippen molar-refractivity contribution in [1.29, 1.82) is 0 Å². The fourth-order valence-electron chi connectivity index (χ4n) is 4.94. The summed E-state index contributed by atoms with van der Waals surface area (Å²) in [5, 5.41) is 0. The maximum Gasteiger partial charge on any atom is 0.364 e. The fourth-order valence-corrected chi connectivity index (χ4v) is 4.94. The Hall–Kier alpha value is -2.46. The van der Waals surface area contributed by atoms with Crippen LogP contribution in [0.2, 0.25) is 0 Å². The molecule has 0 amide bonds. The van der Waals surface area contributed by atoms with Gasteiger partial charge in [0, 0.05) is 5.56 Å². The van der Waals surface area contributed by atoms with Crippen molar-refractivity contribution in [3.63, 3.8) is 0 Å². The molecule has 0 spiro atoms. The normalized spacial score (nSPS) is 13.4. The molecule has 29 heavy (non-hydrogen) atoms. The van der Waals surface area contributed by atoms with E-state index in [-0.39, 0.29) is 24.0 Å². The van der Waals surface area contributed by atoms with Crippen molar-refractivity contribution < 1.29 is 28.4 Å². The summed E-state index contributed by atoms with van der Waals surface area (Å²) >= 11 is 0. The van der Waals surface area contributed by atoms with Crippen molar-refractivity contribution in [2.45, 2.75) is 25.7 Å². The van der Waals surface area contributed by atoms with Crippen molar-refractivity contribution in [3.05, 3.63) is 101 Å². The third-order valence-electron chi connectivity index (χ3n) is 6.23. The third-order valence-corrected chi connectivity index (χ3v) is 6.23. The lowest BCUT2D eigenvalue weighted by atomic mass is 9.79. The monoisotopic (exact) mass is 488 g/mol. The van der Waals surface area contributed by atoms with Crippen LogP contribution in [0.5, 0.6) is 0 Å². The average molecular weight is 488 g/mol. The molecule has 4 aromatic rings. The quantitative estimate of drug-likeness (QED) is 0.294. The highest BCUT2D eigenvalue weighted by atomic mass is 127. The lowest BCUT2D eigenvalue weighted by Crippen LogP contribution is -3.00. The molecule has 0 atom stereocenters. The fraction of sp³-hybridized carbons (Fsp3) is 0.148. The number of hydrogen-bond donors (Lipinski definition) is 0. The molecule has 2 heteroatoms. The van der Waals surface area contributed by atoms with E-state index in [2.05, 4.69) is 78.9 Å². The second-order valence-electron chi connectivity index (χ2n) is 7.77. The molecule has 1 aromatic heterocycles. The molecule has 0 saturated carbocycles. The summed E-state index contributed by atoms with van der Waals surface area (Å²) < 4.78 is 6.74. The van der Waals surface area contributed by atoms with Crippen LogP contribution >= 0.6 is 0 Å². The Morgan fingerprint density at radius 1 is 0.517 bits per heavy atom. The van der Waals surface area contributed by atoms with Crippen LogP contribution < -0.4 is 24.0 Å². The van der Waals surface area contributed by atoms with Crippen LogP contribution in [0.15, 0.2) is 83.3 Å². The molecule has 142 valence electrons. The molecule has 3 aromatic carbocycles. The Kier molecular flexibility index (Phi) is 4.75. The van der Waals surface area contributed by atoms with Crippen molar-refractivity contribution in [2.75, 3.05) is 0 Å². The number of rotatable bonds is 1. The second-order valence-corrected chi connectivity index (χ2v) is 7.77. The molecule has 0 bridgehead atoms. The minimum absolute atomic E-state index is 0. The first-order valence-corrected chi connectivity index (χ1v) is 10.1. The van der Waals surface area contributed by atoms with E-state index < -0.39 is 0 Å². The number of fused-ring (bicyclic) bond motifs is 6. The van der Waals surface area contributed by atoms with Gasteiger partial charge < -0.3 is 24.0 Å². The predicted molar refractivity (Wildman–Crippen MR) is 114 cm³/mol. The van der Waals surface area contributed by atoms with Gasteiger partial charge in [-0.2, -0.15) is 0 Å². The van der Waals surface area contributed by atoms with E-state index in [9.17, 15) is 0 Å². The van der Waals surface area contributed by atoms with Gasteiger partial charge in [-0.15, -0.1) is 0 Å². The molecule has 6 rings (SSSR count). The molecule has 2 aliphatic carbocycles. The molecule has 0 N–H and O–H groups in total. The smallest absolute Gasteiger partial charge is 0.364 e. The average Bonchev–Trinajstić information content (AvgIpc) is 2.78. The van der Waals surface area contributed by atoms with Crippen LogP contribution in [0.3, 0.4) is 0 Å². The molecule has 1 heterocycles. The predicted octanol–water partition coefficient (Wildman–Crippen LogP) is 3.76. The van der Waals surface area contributed by atoms with Gasteiger partial charge in [-0.05, 0) is 54.5 Å². The number of hydrogen-bond acceptors (Lipinski definition) is 0. The molecule has 2 aliphatic rings. The Labute approximate surface area is 188 Å². The van der Waals surface area contributed by atoms with Gasteiger partial charge in [0.05, 0.1) is 22.3 Å². The van der Waals surface area contributed by atoms with Crippen LogP contribution in [-0.2, 0) is 25.7 Å². The van der Waals surface area contributed by atoms with E-state index in [1.54, 1.807) is 0 Å². The van der Waals surface area contributed by atoms with Crippen LogP contribution in [-0.4, -0.2) is 0 Å². The van der Waals surface area contributed by atoms with Crippen molar-refractivity contribution >= 4 is 0 Å². The molecule has 1 nitrogen and oxygen atoms in total. The van der Waals surface area contributed by atoms with E-state index in [0.717, 1.165) is 37.2 Å². The molecular weight excluding hydrogens is 467 g/mol. The van der Waals surface area contributed by atoms with Crippen molar-refractivity contribution in [3.8, 4) is 33.8 Å². The lowest BCUT2D eigenvalue weighted by molar-refractivity contribution is -0.00000581. The summed E-state index contributed by atoms with van der Waals surface area (Å²) in [5.41, 5.74) is 10.8. The van der Waals surface area contributed by atoms with Crippen LogP contribution in [0.1, 0.15) is 22.3 Å². The first kappa shape index (κ1) is 18.6. The minimum Gasteiger partial charge on any atom is -1.00 e. The standard InChI is InChI=1S/C27H21O.HI/c1-2-10-20(11-3-1)25-23-16-14-18-8-4-6-12-21(18)26(23)28-27-22-13-7-5-9-19(22)15-17-24(25)27;/h1-13H,14-17H2;1H/q+1;/p-1. The maximum absolute atomic E-state index is 6.74. The summed E-state index contributed by atoms with van der Waals surface area (Å²) in [4.78, 5) is 0. The van der Waals surface area contributed by atoms with E-state index in [0.29, 0.717) is 0 Å². The summed E-state index contributed by atoms with van der Waals surface area (Å²) in [7, 11) is 0. The Bertz CT molecular complexity index is 1140. The first-order chi connectivity index (χ1) is 13.9. The van der Waals surface area contributed by atoms with Gasteiger partial charge in [0.1, 0.15) is 0 Å². The second kappa shape index (κ2) is 7.42. The highest BCUT2D eigenvalue weighted by molar-refractivity contribution is 5.86. The highest BCUT2D eigenvalue weighted by Crippen LogP contribution is 2.47. The molecule has 0 radical (unpaired) electrons. The first-order valence-electron chi connectivity index (χ1n) is 10.1. The molecule has 0 saturated heterocycles. The van der Waals surface area contributed by atoms with Crippen LogP contribution in [0.25, 0.3) is 33.8 Å². The number of benzene rings is 3. The Morgan fingerprint density at radius 3 is 1.55 bits per heavy atom.